The molecule has 0 saturated carbocycles. The Labute approximate surface area is 217 Å². The van der Waals surface area contributed by atoms with E-state index in [9.17, 15) is 30.8 Å². The van der Waals surface area contributed by atoms with Crippen molar-refractivity contribution >= 4 is 27.9 Å². The molecule has 0 aromatic heterocycles. The Morgan fingerprint density at radius 2 is 1.74 bits per heavy atom. The largest absolute Gasteiger partial charge is 0.462 e. The summed E-state index contributed by atoms with van der Waals surface area (Å²) in [6.45, 7) is 4.73. The van der Waals surface area contributed by atoms with Crippen molar-refractivity contribution in [3.63, 3.8) is 0 Å². The van der Waals surface area contributed by atoms with E-state index in [2.05, 4.69) is 6.58 Å². The van der Waals surface area contributed by atoms with E-state index in [-0.39, 0.29) is 33.7 Å². The van der Waals surface area contributed by atoms with Crippen molar-refractivity contribution in [3.8, 4) is 0 Å². The number of esters is 1. The van der Waals surface area contributed by atoms with Gasteiger partial charge in [0.2, 0.25) is 0 Å². The van der Waals surface area contributed by atoms with E-state index in [0.717, 1.165) is 22.5 Å². The average Bonchev–Trinajstić information content (AvgIpc) is 2.87. The Hall–Kier alpha value is -4.12. The highest BCUT2D eigenvalue weighted by molar-refractivity contribution is 7.89. The van der Waals surface area contributed by atoms with Crippen LogP contribution >= 0.6 is 0 Å². The number of allylic oxidation sites excluding steroid dienone is 1. The molecule has 0 heterocycles. The predicted octanol–water partition coefficient (Wildman–Crippen LogP) is 3.90. The topological polar surface area (TPSA) is 89.7 Å². The van der Waals surface area contributed by atoms with Gasteiger partial charge in [-0.15, -0.1) is 0 Å². The molecule has 0 aliphatic carbocycles. The van der Waals surface area contributed by atoms with Crippen LogP contribution in [-0.2, 0) is 27.5 Å². The number of alkyl halides is 3. The summed E-state index contributed by atoms with van der Waals surface area (Å²) in [5, 5.41) is 0.783. The highest BCUT2D eigenvalue weighted by Gasteiger charge is 2.35. The highest BCUT2D eigenvalue weighted by Crippen LogP contribution is 2.32. The molecular formula is C27H24F4N2O4S. The smallest absolute Gasteiger partial charge is 0.419 e. The summed E-state index contributed by atoms with van der Waals surface area (Å²) in [6.07, 6.45) is -1.94. The van der Waals surface area contributed by atoms with Crippen molar-refractivity contribution < 1.29 is 35.5 Å². The molecule has 38 heavy (non-hydrogen) atoms. The zero-order chi connectivity index (χ0) is 28.1. The lowest BCUT2D eigenvalue weighted by molar-refractivity contribution is -0.140. The van der Waals surface area contributed by atoms with Crippen LogP contribution in [0.25, 0.3) is 11.9 Å². The molecule has 0 spiro atoms. The number of benzene rings is 3. The Morgan fingerprint density at radius 3 is 2.34 bits per heavy atom. The number of rotatable bonds is 8. The summed E-state index contributed by atoms with van der Waals surface area (Å²) in [6, 6.07) is 13.5. The van der Waals surface area contributed by atoms with E-state index in [1.54, 1.807) is 37.3 Å². The fourth-order valence-electron chi connectivity index (χ4n) is 3.60. The van der Waals surface area contributed by atoms with Crippen LogP contribution in [0.5, 0.6) is 0 Å². The Bertz CT molecular complexity index is 1570. The molecule has 0 unspecified atom stereocenters. The van der Waals surface area contributed by atoms with Gasteiger partial charge in [-0.2, -0.15) is 13.2 Å². The summed E-state index contributed by atoms with van der Waals surface area (Å²) in [5.74, 6) is -2.43. The van der Waals surface area contributed by atoms with E-state index >= 15 is 0 Å². The van der Waals surface area contributed by atoms with Gasteiger partial charge in [-0.05, 0) is 54.1 Å². The molecule has 200 valence electrons. The van der Waals surface area contributed by atoms with Gasteiger partial charge in [-0.3, -0.25) is 0 Å². The third-order valence-electron chi connectivity index (χ3n) is 5.42. The summed E-state index contributed by atoms with van der Waals surface area (Å²) >= 11 is 0. The third kappa shape index (κ3) is 6.23. The number of nitrogens with two attached hydrogens (primary N) is 1. The van der Waals surface area contributed by atoms with E-state index < -0.39 is 40.1 Å². The molecule has 0 fully saturated rings. The fraction of sp³-hybridized carbons (Fsp3) is 0.148. The maximum absolute atomic E-state index is 13.9. The molecule has 0 amide bonds. The van der Waals surface area contributed by atoms with Gasteiger partial charge in [0.1, 0.15) is 11.6 Å². The normalized spacial score (nSPS) is 13.1. The average molecular weight is 549 g/mol. The SMILES string of the molecule is C=C/C=c1/cccc/c1=C(/N)N(Cc1ccc(F)c(C(F)(F)F)c1)S(=O)(=O)c1ccc(C(=O)OCC)cc1. The van der Waals surface area contributed by atoms with Crippen LogP contribution in [0.4, 0.5) is 17.6 Å². The van der Waals surface area contributed by atoms with Gasteiger partial charge in [0.15, 0.2) is 0 Å². The van der Waals surface area contributed by atoms with Crippen molar-refractivity contribution in [2.75, 3.05) is 6.61 Å². The van der Waals surface area contributed by atoms with Crippen LogP contribution in [0.3, 0.4) is 0 Å². The standard InChI is InChI=1S/C27H24F4N2O4S/c1-3-7-19-8-5-6-9-22(19)25(32)33(17-18-10-15-24(28)23(16-18)27(29,30)31)38(35,36)21-13-11-20(12-14-21)26(34)37-4-2/h3,5-16H,1,4,17,32H2,2H3/b19-7-,25-22+. The van der Waals surface area contributed by atoms with Crippen LogP contribution < -0.4 is 16.2 Å². The van der Waals surface area contributed by atoms with E-state index in [1.807, 2.05) is 0 Å². The lowest BCUT2D eigenvalue weighted by Gasteiger charge is -2.25. The Morgan fingerprint density at radius 1 is 1.08 bits per heavy atom. The van der Waals surface area contributed by atoms with E-state index in [1.165, 1.54) is 18.2 Å². The molecule has 6 nitrogen and oxygen atoms in total. The zero-order valence-electron chi connectivity index (χ0n) is 20.2. The monoisotopic (exact) mass is 548 g/mol. The first-order chi connectivity index (χ1) is 17.9. The molecule has 3 aromatic rings. The van der Waals surface area contributed by atoms with Crippen molar-refractivity contribution in [2.24, 2.45) is 5.73 Å². The number of nitrogens with zero attached hydrogens (tertiary/aromatic N) is 1. The van der Waals surface area contributed by atoms with Gasteiger partial charge in [0.25, 0.3) is 10.0 Å². The van der Waals surface area contributed by atoms with Gasteiger partial charge < -0.3 is 10.5 Å². The Balaban J connectivity index is 2.22. The lowest BCUT2D eigenvalue weighted by Crippen LogP contribution is -2.41. The molecule has 0 radical (unpaired) electrons. The van der Waals surface area contributed by atoms with Crippen molar-refractivity contribution in [3.05, 3.63) is 112 Å². The number of carbonyl (C=O) groups is 1. The number of halogens is 4. The number of hydrogen-bond acceptors (Lipinski definition) is 5. The third-order valence-corrected chi connectivity index (χ3v) is 7.19. The number of carbonyl (C=O) groups excluding carboxylic acids is 1. The minimum atomic E-state index is -4.99. The summed E-state index contributed by atoms with van der Waals surface area (Å²) in [4.78, 5) is 11.7. The zero-order valence-corrected chi connectivity index (χ0v) is 21.0. The van der Waals surface area contributed by atoms with Crippen LogP contribution in [0, 0.1) is 5.82 Å². The minimum absolute atomic E-state index is 0.105. The maximum Gasteiger partial charge on any atom is 0.419 e. The molecule has 11 heteroatoms. The first-order valence-corrected chi connectivity index (χ1v) is 12.7. The second kappa shape index (κ2) is 11.5. The van der Waals surface area contributed by atoms with E-state index in [4.69, 9.17) is 10.5 Å². The highest BCUT2D eigenvalue weighted by atomic mass is 32.2. The molecule has 3 rings (SSSR count). The first-order valence-electron chi connectivity index (χ1n) is 11.2. The van der Waals surface area contributed by atoms with Gasteiger partial charge in [-0.1, -0.05) is 49.1 Å². The van der Waals surface area contributed by atoms with Crippen LogP contribution in [0.15, 0.2) is 84.3 Å². The molecule has 0 aliphatic rings. The van der Waals surface area contributed by atoms with Gasteiger partial charge in [0.05, 0.1) is 29.2 Å². The molecule has 2 N–H and O–H groups in total. The van der Waals surface area contributed by atoms with Crippen LogP contribution in [0.1, 0.15) is 28.4 Å². The Kier molecular flexibility index (Phi) is 8.62. The fourth-order valence-corrected chi connectivity index (χ4v) is 5.01. The van der Waals surface area contributed by atoms with Crippen LogP contribution in [0.2, 0.25) is 0 Å². The number of hydrogen-bond donors (Lipinski definition) is 1. The summed E-state index contributed by atoms with van der Waals surface area (Å²) in [5.41, 5.74) is 4.77. The quantitative estimate of drug-likeness (QED) is 0.341. The molecule has 3 aromatic carbocycles. The maximum atomic E-state index is 13.9. The second-order valence-electron chi connectivity index (χ2n) is 7.94. The first kappa shape index (κ1) is 28.5. The van der Waals surface area contributed by atoms with Gasteiger partial charge in [0, 0.05) is 5.22 Å². The molecule has 0 saturated heterocycles. The summed E-state index contributed by atoms with van der Waals surface area (Å²) in [7, 11) is -4.49. The van der Waals surface area contributed by atoms with Crippen molar-refractivity contribution in [1.82, 2.24) is 4.31 Å². The van der Waals surface area contributed by atoms with Crippen LogP contribution in [-0.4, -0.2) is 25.3 Å². The van der Waals surface area contributed by atoms with Gasteiger partial charge >= 0.3 is 12.1 Å². The second-order valence-corrected chi connectivity index (χ2v) is 9.81. The molecule has 0 aliphatic heterocycles. The summed E-state index contributed by atoms with van der Waals surface area (Å²) < 4.78 is 87.0. The van der Waals surface area contributed by atoms with E-state index in [0.29, 0.717) is 17.4 Å². The number of ether oxygens (including phenoxy) is 1. The molecular weight excluding hydrogens is 524 g/mol. The minimum Gasteiger partial charge on any atom is -0.462 e. The predicted molar refractivity (Wildman–Crippen MR) is 134 cm³/mol. The van der Waals surface area contributed by atoms with Gasteiger partial charge in [-0.25, -0.2) is 21.9 Å². The number of sulfonamides is 1. The van der Waals surface area contributed by atoms with Crippen molar-refractivity contribution in [1.29, 1.82) is 0 Å². The lowest BCUT2D eigenvalue weighted by atomic mass is 10.1. The molecule has 0 atom stereocenters. The van der Waals surface area contributed by atoms with Crippen molar-refractivity contribution in [2.45, 2.75) is 24.5 Å². The molecule has 0 bridgehead atoms.